The summed E-state index contributed by atoms with van der Waals surface area (Å²) in [7, 11) is 0. The highest BCUT2D eigenvalue weighted by Gasteiger charge is 2.10. The molecule has 2 aromatic carbocycles. The predicted molar refractivity (Wildman–Crippen MR) is 84.6 cm³/mol. The first-order chi connectivity index (χ1) is 10.8. The Bertz CT molecular complexity index is 1110. The molecule has 4 aromatic rings. The Morgan fingerprint density at radius 2 is 1.50 bits per heavy atom. The quantitative estimate of drug-likeness (QED) is 0.504. The molecule has 22 heavy (non-hydrogen) atoms. The minimum absolute atomic E-state index is 0.262. The van der Waals surface area contributed by atoms with Gasteiger partial charge in [-0.3, -0.25) is 9.59 Å². The Kier molecular flexibility index (Phi) is 2.66. The lowest BCUT2D eigenvalue weighted by Gasteiger charge is -2.11. The average molecular weight is 289 g/mol. The fourth-order valence-corrected chi connectivity index (χ4v) is 2.57. The van der Waals surface area contributed by atoms with Gasteiger partial charge in [0.2, 0.25) is 0 Å². The lowest BCUT2D eigenvalue weighted by molar-refractivity contribution is 0.719. The van der Waals surface area contributed by atoms with Crippen LogP contribution in [-0.4, -0.2) is 14.2 Å². The molecule has 0 spiro atoms. The third kappa shape index (κ3) is 1.76. The summed E-state index contributed by atoms with van der Waals surface area (Å²) >= 11 is 0. The van der Waals surface area contributed by atoms with Crippen molar-refractivity contribution in [3.8, 4) is 5.69 Å². The van der Waals surface area contributed by atoms with Crippen molar-refractivity contribution in [2.75, 3.05) is 0 Å². The summed E-state index contributed by atoms with van der Waals surface area (Å²) in [6.07, 6.45) is 0. The monoisotopic (exact) mass is 289 g/mol. The minimum Gasteiger partial charge on any atom is -0.267 e. The van der Waals surface area contributed by atoms with E-state index in [0.29, 0.717) is 22.2 Å². The summed E-state index contributed by atoms with van der Waals surface area (Å²) in [6.45, 7) is 0. The maximum atomic E-state index is 12.8. The van der Waals surface area contributed by atoms with Gasteiger partial charge in [0.1, 0.15) is 0 Å². The van der Waals surface area contributed by atoms with E-state index in [0.717, 1.165) is 0 Å². The molecule has 2 aromatic heterocycles. The Labute approximate surface area is 124 Å². The van der Waals surface area contributed by atoms with Gasteiger partial charge >= 0.3 is 0 Å². The molecule has 0 aliphatic heterocycles. The van der Waals surface area contributed by atoms with E-state index in [1.807, 2.05) is 24.3 Å². The minimum atomic E-state index is -0.280. The van der Waals surface area contributed by atoms with Crippen LogP contribution in [0.2, 0.25) is 0 Å². The van der Waals surface area contributed by atoms with Crippen LogP contribution in [0.4, 0.5) is 0 Å². The van der Waals surface area contributed by atoms with E-state index in [9.17, 15) is 9.59 Å². The van der Waals surface area contributed by atoms with E-state index in [1.54, 1.807) is 36.4 Å². The third-order valence-electron chi connectivity index (χ3n) is 3.56. The molecule has 5 heteroatoms. The zero-order chi connectivity index (χ0) is 15.1. The summed E-state index contributed by atoms with van der Waals surface area (Å²) in [5, 5.41) is 0.482. The third-order valence-corrected chi connectivity index (χ3v) is 3.56. The van der Waals surface area contributed by atoms with Gasteiger partial charge in [-0.15, -0.1) is 0 Å². The Balaban J connectivity index is 2.26. The lowest BCUT2D eigenvalue weighted by Crippen LogP contribution is -2.32. The van der Waals surface area contributed by atoms with Crippen molar-refractivity contribution in [3.63, 3.8) is 0 Å². The van der Waals surface area contributed by atoms with E-state index in [4.69, 9.17) is 0 Å². The zero-order valence-corrected chi connectivity index (χ0v) is 11.5. The molecule has 0 N–H and O–H groups in total. The van der Waals surface area contributed by atoms with Crippen LogP contribution in [0.25, 0.3) is 22.2 Å². The van der Waals surface area contributed by atoms with Crippen LogP contribution >= 0.6 is 0 Å². The number of rotatable bonds is 1. The van der Waals surface area contributed by atoms with Gasteiger partial charge in [0.15, 0.2) is 5.65 Å². The average Bonchev–Trinajstić information content (AvgIpc) is 2.56. The normalized spacial score (nSPS) is 11.1. The fourth-order valence-electron chi connectivity index (χ4n) is 2.57. The number of hydrogen-bond donors (Lipinski definition) is 0. The highest BCUT2D eigenvalue weighted by Crippen LogP contribution is 2.10. The number of hydrogen-bond acceptors (Lipinski definition) is 3. The molecule has 2 heterocycles. The molecule has 0 amide bonds. The van der Waals surface area contributed by atoms with E-state index in [-0.39, 0.29) is 11.1 Å². The maximum Gasteiger partial charge on any atom is 0.281 e. The second-order valence-corrected chi connectivity index (χ2v) is 4.92. The van der Waals surface area contributed by atoms with Crippen molar-refractivity contribution >= 4 is 16.6 Å². The van der Waals surface area contributed by atoms with Gasteiger partial charge in [-0.25, -0.2) is 9.67 Å². The number of nitrogens with zero attached hydrogens (tertiary/aromatic N) is 3. The molecule has 4 rings (SSSR count). The van der Waals surface area contributed by atoms with Gasteiger partial charge in [0.25, 0.3) is 11.1 Å². The van der Waals surface area contributed by atoms with Crippen LogP contribution in [0.1, 0.15) is 0 Å². The lowest BCUT2D eigenvalue weighted by atomic mass is 10.2. The van der Waals surface area contributed by atoms with Crippen molar-refractivity contribution in [2.24, 2.45) is 0 Å². The first-order valence-electron chi connectivity index (χ1n) is 6.85. The fraction of sp³-hybridized carbons (Fsp3) is 0. The van der Waals surface area contributed by atoms with Crippen molar-refractivity contribution in [3.05, 3.63) is 87.4 Å². The number of para-hydroxylation sites is 2. The highest BCUT2D eigenvalue weighted by atomic mass is 16.2. The predicted octanol–water partition coefficient (Wildman–Crippen LogP) is 2.00. The maximum absolute atomic E-state index is 12.8. The molecule has 0 saturated carbocycles. The van der Waals surface area contributed by atoms with Gasteiger partial charge in [0, 0.05) is 6.07 Å². The van der Waals surface area contributed by atoms with E-state index in [1.165, 1.54) is 15.3 Å². The number of aromatic nitrogens is 3. The van der Waals surface area contributed by atoms with Crippen molar-refractivity contribution in [1.82, 2.24) is 14.2 Å². The van der Waals surface area contributed by atoms with E-state index < -0.39 is 0 Å². The Hall–Kier alpha value is -3.21. The standard InChI is InChI=1S/C17H11N3O2/c21-16-11-10-15-18-14-9-5-4-8-13(14)17(22)20(15)19(16)12-6-2-1-3-7-12/h1-11H. The van der Waals surface area contributed by atoms with Crippen LogP contribution in [0.3, 0.4) is 0 Å². The molecular formula is C17H11N3O2. The summed E-state index contributed by atoms with van der Waals surface area (Å²) < 4.78 is 2.66. The molecule has 0 unspecified atom stereocenters. The molecule has 0 fully saturated rings. The van der Waals surface area contributed by atoms with Crippen LogP contribution in [0.5, 0.6) is 0 Å². The van der Waals surface area contributed by atoms with Crippen LogP contribution in [0, 0.1) is 0 Å². The van der Waals surface area contributed by atoms with Crippen LogP contribution < -0.4 is 11.1 Å². The number of fused-ring (bicyclic) bond motifs is 2. The summed E-state index contributed by atoms with van der Waals surface area (Å²) in [5.74, 6) is 0. The smallest absolute Gasteiger partial charge is 0.267 e. The molecule has 0 aliphatic rings. The van der Waals surface area contributed by atoms with Crippen molar-refractivity contribution < 1.29 is 0 Å². The van der Waals surface area contributed by atoms with Gasteiger partial charge in [-0.05, 0) is 30.3 Å². The first kappa shape index (κ1) is 12.5. The van der Waals surface area contributed by atoms with Gasteiger partial charge in [-0.1, -0.05) is 30.3 Å². The Morgan fingerprint density at radius 1 is 0.773 bits per heavy atom. The largest absolute Gasteiger partial charge is 0.281 e. The molecular weight excluding hydrogens is 278 g/mol. The van der Waals surface area contributed by atoms with Gasteiger partial charge in [-0.2, -0.15) is 4.52 Å². The summed E-state index contributed by atoms with van der Waals surface area (Å²) in [4.78, 5) is 29.6. The van der Waals surface area contributed by atoms with Gasteiger partial charge < -0.3 is 0 Å². The highest BCUT2D eigenvalue weighted by molar-refractivity contribution is 5.79. The van der Waals surface area contributed by atoms with Crippen molar-refractivity contribution in [1.29, 1.82) is 0 Å². The molecule has 5 nitrogen and oxygen atoms in total. The summed E-state index contributed by atoms with van der Waals surface area (Å²) in [6, 6.07) is 19.2. The summed E-state index contributed by atoms with van der Waals surface area (Å²) in [5.41, 5.74) is 1.13. The van der Waals surface area contributed by atoms with Crippen LogP contribution in [0.15, 0.2) is 76.3 Å². The van der Waals surface area contributed by atoms with Gasteiger partial charge in [0.05, 0.1) is 16.6 Å². The van der Waals surface area contributed by atoms with E-state index >= 15 is 0 Å². The second kappa shape index (κ2) is 4.66. The number of benzene rings is 2. The molecule has 106 valence electrons. The SMILES string of the molecule is O=c1ccc2nc3ccccc3c(=O)n2n1-c1ccccc1. The molecule has 0 aliphatic carbocycles. The first-order valence-corrected chi connectivity index (χ1v) is 6.85. The van der Waals surface area contributed by atoms with E-state index in [2.05, 4.69) is 4.98 Å². The second-order valence-electron chi connectivity index (χ2n) is 4.92. The Morgan fingerprint density at radius 3 is 2.32 bits per heavy atom. The molecule has 0 radical (unpaired) electrons. The zero-order valence-electron chi connectivity index (χ0n) is 11.5. The topological polar surface area (TPSA) is 56.4 Å². The molecule has 0 bridgehead atoms. The van der Waals surface area contributed by atoms with Crippen LogP contribution in [-0.2, 0) is 0 Å². The molecule has 0 atom stereocenters. The molecule has 0 saturated heterocycles. The van der Waals surface area contributed by atoms with Crippen molar-refractivity contribution in [2.45, 2.75) is 0 Å².